The second kappa shape index (κ2) is 3.20. The van der Waals surface area contributed by atoms with Gasteiger partial charge in [0.05, 0.1) is 18.6 Å². The Morgan fingerprint density at radius 2 is 2.38 bits per heavy atom. The lowest BCUT2D eigenvalue weighted by molar-refractivity contribution is -0.129. The van der Waals surface area contributed by atoms with Gasteiger partial charge in [-0.2, -0.15) is 0 Å². The number of imide groups is 1. The van der Waals surface area contributed by atoms with Crippen molar-refractivity contribution in [3.05, 3.63) is 12.2 Å². The molecule has 16 heavy (non-hydrogen) atoms. The van der Waals surface area contributed by atoms with Crippen LogP contribution in [0.5, 0.6) is 0 Å². The van der Waals surface area contributed by atoms with Gasteiger partial charge in [-0.1, -0.05) is 12.2 Å². The number of rotatable bonds is 2. The van der Waals surface area contributed by atoms with Crippen LogP contribution >= 0.6 is 0 Å². The van der Waals surface area contributed by atoms with E-state index >= 15 is 0 Å². The van der Waals surface area contributed by atoms with Crippen molar-refractivity contribution in [2.24, 2.45) is 23.7 Å². The third-order valence-corrected chi connectivity index (χ3v) is 4.33. The van der Waals surface area contributed by atoms with Crippen molar-refractivity contribution in [3.8, 4) is 0 Å². The van der Waals surface area contributed by atoms with E-state index < -0.39 is 0 Å². The molecule has 0 radical (unpaired) electrons. The van der Waals surface area contributed by atoms with Crippen LogP contribution in [0.15, 0.2) is 12.2 Å². The number of nitrogens with zero attached hydrogens (tertiary/aromatic N) is 1. The van der Waals surface area contributed by atoms with Crippen molar-refractivity contribution < 1.29 is 14.7 Å². The molecule has 3 aliphatic rings. The van der Waals surface area contributed by atoms with E-state index in [1.807, 2.05) is 0 Å². The number of hydrogen-bond donors (Lipinski definition) is 1. The first-order valence-corrected chi connectivity index (χ1v) is 5.75. The van der Waals surface area contributed by atoms with Crippen molar-refractivity contribution in [2.45, 2.75) is 12.5 Å². The van der Waals surface area contributed by atoms with Gasteiger partial charge in [-0.05, 0) is 18.3 Å². The summed E-state index contributed by atoms with van der Waals surface area (Å²) >= 11 is 0. The highest BCUT2D eigenvalue weighted by Gasteiger charge is 2.59. The summed E-state index contributed by atoms with van der Waals surface area (Å²) in [6.45, 7) is 0.129. The number of likely N-dealkylation sites (tertiary alicyclic amines) is 1. The Morgan fingerprint density at radius 1 is 1.62 bits per heavy atom. The molecular formula is C11H14BNO3. The average molecular weight is 221 g/mol. The molecule has 2 fully saturated rings. The minimum Gasteiger partial charge on any atom is -0.394 e. The minimum atomic E-state index is -0.248. The Balaban J connectivity index is 1.96. The number of hydrogen-bond acceptors (Lipinski definition) is 3. The van der Waals surface area contributed by atoms with E-state index in [1.165, 1.54) is 12.7 Å². The van der Waals surface area contributed by atoms with E-state index in [1.54, 1.807) is 0 Å². The maximum Gasteiger partial charge on any atom is 0.232 e. The summed E-state index contributed by atoms with van der Waals surface area (Å²) in [5.74, 6) is 0.460. The lowest BCUT2D eigenvalue weighted by Gasteiger charge is -2.26. The lowest BCUT2D eigenvalue weighted by atomic mass is 9.82. The van der Waals surface area contributed by atoms with Gasteiger partial charge in [0, 0.05) is 5.92 Å². The Bertz CT molecular complexity index is 414. The number of aliphatic hydroxyl groups is 1. The first kappa shape index (κ1) is 8.99. The topological polar surface area (TPSA) is 57.6 Å². The molecule has 0 aromatic carbocycles. The van der Waals surface area contributed by atoms with E-state index in [-0.39, 0.29) is 42.1 Å². The summed E-state index contributed by atoms with van der Waals surface area (Å²) < 4.78 is 6.88. The third-order valence-electron chi connectivity index (χ3n) is 4.33. The molecule has 1 heterocycles. The van der Waals surface area contributed by atoms with Gasteiger partial charge >= 0.3 is 0 Å². The van der Waals surface area contributed by atoms with Crippen molar-refractivity contribution in [1.82, 2.24) is 4.90 Å². The summed E-state index contributed by atoms with van der Waals surface area (Å²) in [6, 6.07) is -0.248. The molecule has 1 N–H and O–H groups in total. The second-order valence-electron chi connectivity index (χ2n) is 5.01. The lowest BCUT2D eigenvalue weighted by Crippen LogP contribution is -2.43. The van der Waals surface area contributed by atoms with Crippen LogP contribution in [-0.4, -0.2) is 43.6 Å². The van der Waals surface area contributed by atoms with Crippen LogP contribution in [0.2, 0.25) is 0 Å². The minimum absolute atomic E-state index is 0.0611. The van der Waals surface area contributed by atoms with E-state index in [0.717, 1.165) is 6.42 Å². The SMILES string of the molecule is [3H]OC[C@@H]1C2C3C=CC(C3)C2C(=O)N1C(B)=O. The Kier molecular flexibility index (Phi) is 1.80. The number of aliphatic hydroxyl groups excluding tert-OH is 1. The molecule has 1 saturated carbocycles. The smallest absolute Gasteiger partial charge is 0.232 e. The van der Waals surface area contributed by atoms with Gasteiger partial charge in [-0.15, -0.1) is 0 Å². The van der Waals surface area contributed by atoms with Crippen LogP contribution in [-0.2, 0) is 4.79 Å². The maximum absolute atomic E-state index is 12.3. The van der Waals surface area contributed by atoms with E-state index in [2.05, 4.69) is 17.3 Å². The van der Waals surface area contributed by atoms with Crippen LogP contribution in [0.4, 0.5) is 4.79 Å². The highest BCUT2D eigenvalue weighted by molar-refractivity contribution is 6.58. The van der Waals surface area contributed by atoms with Crippen LogP contribution in [0, 0.1) is 23.7 Å². The standard InChI is InChI=1S/C11H14BNO3/c12-11(16)13-7(4-14)8-5-1-2-6(3-5)9(8)10(13)15/h1-2,5-9,14H,3-4,12H2/t5?,6?,7-,8?,9?/m1/s1/i14T. The zero-order valence-corrected chi connectivity index (χ0v) is 9.13. The fourth-order valence-electron chi connectivity index (χ4n) is 3.80. The molecule has 3 rings (SSSR count). The summed E-state index contributed by atoms with van der Waals surface area (Å²) in [4.78, 5) is 25.1. The summed E-state index contributed by atoms with van der Waals surface area (Å²) in [5.41, 5.74) is 0. The van der Waals surface area contributed by atoms with Gasteiger partial charge in [-0.3, -0.25) is 14.5 Å². The predicted octanol–water partition coefficient (Wildman–Crippen LogP) is -0.619. The van der Waals surface area contributed by atoms with Gasteiger partial charge in [0.25, 0.3) is 0 Å². The first-order chi connectivity index (χ1) is 8.15. The molecule has 4 unspecified atom stereocenters. The molecule has 2 bridgehead atoms. The number of allylic oxidation sites excluding steroid dienone is 2. The van der Waals surface area contributed by atoms with E-state index in [9.17, 15) is 9.59 Å². The summed E-state index contributed by atoms with van der Waals surface area (Å²) in [7, 11) is 1.41. The van der Waals surface area contributed by atoms with Gasteiger partial charge in [0.1, 0.15) is 0 Å². The van der Waals surface area contributed by atoms with E-state index in [0.29, 0.717) is 5.92 Å². The molecule has 5 atom stereocenters. The average Bonchev–Trinajstić information content (AvgIpc) is 2.91. The Labute approximate surface area is 96.2 Å². The van der Waals surface area contributed by atoms with Crippen molar-refractivity contribution in [1.29, 1.82) is 1.43 Å². The van der Waals surface area contributed by atoms with Gasteiger partial charge < -0.3 is 5.11 Å². The van der Waals surface area contributed by atoms with Crippen LogP contribution in [0.3, 0.4) is 0 Å². The fraction of sp³-hybridized carbons (Fsp3) is 0.636. The maximum atomic E-state index is 12.3. The molecule has 5 heteroatoms. The molecule has 2 aliphatic carbocycles. The number of carbonyl (C=O) groups is 2. The van der Waals surface area contributed by atoms with E-state index in [4.69, 9.17) is 1.43 Å². The third kappa shape index (κ3) is 1.04. The normalized spacial score (nSPS) is 45.0. The van der Waals surface area contributed by atoms with Gasteiger partial charge in [0.2, 0.25) is 15.2 Å². The monoisotopic (exact) mass is 221 g/mol. The highest BCUT2D eigenvalue weighted by atomic mass is 16.3. The molecular weight excluding hydrogens is 205 g/mol. The van der Waals surface area contributed by atoms with Gasteiger partial charge in [0.15, 0.2) is 5.81 Å². The van der Waals surface area contributed by atoms with Crippen LogP contribution in [0.25, 0.3) is 0 Å². The Morgan fingerprint density at radius 3 is 3.06 bits per heavy atom. The quantitative estimate of drug-likeness (QED) is 0.499. The molecule has 84 valence electrons. The second-order valence-corrected chi connectivity index (χ2v) is 5.01. The van der Waals surface area contributed by atoms with Crippen LogP contribution in [0.1, 0.15) is 6.42 Å². The molecule has 1 aliphatic heterocycles. The first-order valence-electron chi connectivity index (χ1n) is 6.16. The Hall–Kier alpha value is -1.10. The zero-order chi connectivity index (χ0) is 12.2. The predicted molar refractivity (Wildman–Crippen MR) is 59.4 cm³/mol. The molecule has 0 aromatic heterocycles. The van der Waals surface area contributed by atoms with Crippen molar-refractivity contribution in [3.63, 3.8) is 0 Å². The number of amides is 2. The van der Waals surface area contributed by atoms with Gasteiger partial charge in [-0.25, -0.2) is 0 Å². The number of fused-ring (bicyclic) bond motifs is 5. The zero-order valence-electron chi connectivity index (χ0n) is 10.1. The molecule has 0 spiro atoms. The highest BCUT2D eigenvalue weighted by Crippen LogP contribution is 2.54. The number of carbonyl (C=O) groups excluding carboxylic acids is 2. The molecule has 4 nitrogen and oxygen atoms in total. The molecule has 1 saturated heterocycles. The summed E-state index contributed by atoms with van der Waals surface area (Å²) in [5, 5.41) is 4.45. The molecule has 2 amide bonds. The van der Waals surface area contributed by atoms with Crippen molar-refractivity contribution in [2.75, 3.05) is 6.61 Å². The fourth-order valence-corrected chi connectivity index (χ4v) is 3.80. The van der Waals surface area contributed by atoms with Crippen molar-refractivity contribution >= 4 is 19.6 Å². The molecule has 0 aromatic rings. The summed E-state index contributed by atoms with van der Waals surface area (Å²) in [6.07, 6.45) is 5.27. The van der Waals surface area contributed by atoms with Crippen LogP contribution < -0.4 is 0 Å². The largest absolute Gasteiger partial charge is 0.394 e.